The summed E-state index contributed by atoms with van der Waals surface area (Å²) in [5, 5.41) is 25.3. The number of hydrogen-bond donors (Lipinski definition) is 2. The molecule has 0 saturated carbocycles. The molecule has 2 amide bonds. The zero-order chi connectivity index (χ0) is 28.8. The van der Waals surface area contributed by atoms with E-state index in [0.717, 1.165) is 40.7 Å². The maximum atomic E-state index is 13.6. The van der Waals surface area contributed by atoms with Crippen LogP contribution in [0.25, 0.3) is 22.5 Å². The summed E-state index contributed by atoms with van der Waals surface area (Å²) in [6, 6.07) is 22.3. The number of aliphatic hydroxyl groups is 1. The van der Waals surface area contributed by atoms with Crippen LogP contribution < -0.4 is 4.74 Å². The number of aliphatic hydroxyl groups excluding tert-OH is 1. The number of hydrogen-bond acceptors (Lipinski definition) is 8. The molecule has 1 saturated heterocycles. The van der Waals surface area contributed by atoms with E-state index in [-0.39, 0.29) is 12.1 Å². The Morgan fingerprint density at radius 3 is 2.46 bits per heavy atom. The molecule has 5 rings (SSSR count). The van der Waals surface area contributed by atoms with E-state index in [1.54, 1.807) is 29.2 Å². The first kappa shape index (κ1) is 27.8. The fourth-order valence-electron chi connectivity index (χ4n) is 4.79. The topological polar surface area (TPSA) is 134 Å². The third-order valence-corrected chi connectivity index (χ3v) is 7.03. The third-order valence-electron chi connectivity index (χ3n) is 7.03. The van der Waals surface area contributed by atoms with Crippen molar-refractivity contribution in [3.8, 4) is 28.3 Å². The molecule has 3 aromatic carbocycles. The molecular formula is C30H32N6O5. The van der Waals surface area contributed by atoms with E-state index in [2.05, 4.69) is 32.3 Å². The van der Waals surface area contributed by atoms with Gasteiger partial charge in [0.25, 0.3) is 0 Å². The summed E-state index contributed by atoms with van der Waals surface area (Å²) in [6.45, 7) is 3.01. The van der Waals surface area contributed by atoms with E-state index in [1.807, 2.05) is 48.5 Å². The zero-order valence-corrected chi connectivity index (χ0v) is 22.9. The summed E-state index contributed by atoms with van der Waals surface area (Å²) >= 11 is 0. The number of H-pyrrole nitrogens is 1. The van der Waals surface area contributed by atoms with Crippen molar-refractivity contribution >= 4 is 12.2 Å². The van der Waals surface area contributed by atoms with Crippen molar-refractivity contribution in [3.05, 3.63) is 83.9 Å². The number of benzene rings is 3. The standard InChI is InChI=1S/C30H32N6O5/c1-3-4-16-35(29(38)36-26(28(36)37)18-20-10-13-23(14-11-20)41-30(39)40-2)19-21-12-15-24(22-8-6-5-7-9-22)25(17-21)27-31-33-34-32-27/h5-15,17,26,28,37H,3-4,16,18-19H2,1-2H3,(H,31,32,33,34). The number of carbonyl (C=O) groups excluding carboxylic acids is 2. The van der Waals surface area contributed by atoms with Crippen molar-refractivity contribution in [2.75, 3.05) is 13.7 Å². The average molecular weight is 557 g/mol. The first-order valence-corrected chi connectivity index (χ1v) is 13.5. The van der Waals surface area contributed by atoms with Crippen LogP contribution in [-0.4, -0.2) is 73.6 Å². The first-order valence-electron chi connectivity index (χ1n) is 13.5. The molecule has 1 aliphatic heterocycles. The van der Waals surface area contributed by atoms with Crippen LogP contribution in [0.4, 0.5) is 9.59 Å². The number of methoxy groups -OCH3 is 1. The van der Waals surface area contributed by atoms with Crippen LogP contribution in [-0.2, 0) is 17.7 Å². The second-order valence-electron chi connectivity index (χ2n) is 9.83. The van der Waals surface area contributed by atoms with Crippen molar-refractivity contribution in [3.63, 3.8) is 0 Å². The minimum Gasteiger partial charge on any atom is -0.437 e. The Bertz CT molecular complexity index is 1460. The maximum Gasteiger partial charge on any atom is 0.513 e. The molecule has 0 aliphatic carbocycles. The fraction of sp³-hybridized carbons (Fsp3) is 0.300. The van der Waals surface area contributed by atoms with Gasteiger partial charge in [0, 0.05) is 18.7 Å². The molecule has 0 spiro atoms. The molecule has 11 heteroatoms. The van der Waals surface area contributed by atoms with Gasteiger partial charge in [0.15, 0.2) is 6.23 Å². The highest BCUT2D eigenvalue weighted by Gasteiger charge is 2.51. The summed E-state index contributed by atoms with van der Waals surface area (Å²) < 4.78 is 9.52. The molecule has 0 radical (unpaired) electrons. The number of aromatic amines is 1. The number of ether oxygens (including phenoxy) is 2. The highest BCUT2D eigenvalue weighted by Crippen LogP contribution is 2.34. The van der Waals surface area contributed by atoms with Gasteiger partial charge in [-0.1, -0.05) is 67.9 Å². The first-order chi connectivity index (χ1) is 20.0. The molecule has 2 N–H and O–H groups in total. The number of amides is 2. The van der Waals surface area contributed by atoms with Gasteiger partial charge in [0.1, 0.15) is 5.75 Å². The fourth-order valence-corrected chi connectivity index (χ4v) is 4.79. The monoisotopic (exact) mass is 556 g/mol. The lowest BCUT2D eigenvalue weighted by Gasteiger charge is -2.24. The number of aromatic nitrogens is 4. The van der Waals surface area contributed by atoms with Gasteiger partial charge < -0.3 is 19.5 Å². The summed E-state index contributed by atoms with van der Waals surface area (Å²) in [7, 11) is 1.24. The number of tetrazole rings is 1. The van der Waals surface area contributed by atoms with E-state index < -0.39 is 12.4 Å². The van der Waals surface area contributed by atoms with E-state index >= 15 is 0 Å². The predicted molar refractivity (Wildman–Crippen MR) is 151 cm³/mol. The largest absolute Gasteiger partial charge is 0.513 e. The molecule has 1 aromatic heterocycles. The highest BCUT2D eigenvalue weighted by atomic mass is 16.7. The van der Waals surface area contributed by atoms with Gasteiger partial charge in [-0.15, -0.1) is 10.2 Å². The highest BCUT2D eigenvalue weighted by molar-refractivity contribution is 5.81. The lowest BCUT2D eigenvalue weighted by Crippen LogP contribution is -2.36. The molecule has 0 bridgehead atoms. The SMILES string of the molecule is CCCCN(Cc1ccc(-c2ccccc2)c(-c2nn[nH]n2)c1)C(=O)N1C(O)C1Cc1ccc(OC(=O)OC)cc1. The second-order valence-corrected chi connectivity index (χ2v) is 9.83. The van der Waals surface area contributed by atoms with Crippen LogP contribution in [0.5, 0.6) is 5.75 Å². The quantitative estimate of drug-likeness (QED) is 0.164. The molecule has 41 heavy (non-hydrogen) atoms. The minimum absolute atomic E-state index is 0.213. The van der Waals surface area contributed by atoms with E-state index in [1.165, 1.54) is 12.0 Å². The van der Waals surface area contributed by atoms with Crippen molar-refractivity contribution in [2.24, 2.45) is 0 Å². The Labute approximate surface area is 237 Å². The van der Waals surface area contributed by atoms with E-state index in [0.29, 0.717) is 31.1 Å². The average Bonchev–Trinajstić information content (AvgIpc) is 3.35. The number of nitrogens with zero attached hydrogens (tertiary/aromatic N) is 5. The molecule has 11 nitrogen and oxygen atoms in total. The van der Waals surface area contributed by atoms with Gasteiger partial charge in [0.2, 0.25) is 5.82 Å². The number of rotatable bonds is 10. The Balaban J connectivity index is 1.31. The normalized spacial score (nSPS) is 15.8. The van der Waals surface area contributed by atoms with Crippen LogP contribution in [0.15, 0.2) is 72.8 Å². The van der Waals surface area contributed by atoms with Crippen LogP contribution in [0, 0.1) is 0 Å². The third kappa shape index (κ3) is 6.52. The van der Waals surface area contributed by atoms with Crippen molar-refractivity contribution in [1.82, 2.24) is 30.4 Å². The smallest absolute Gasteiger partial charge is 0.437 e. The van der Waals surface area contributed by atoms with Crippen LogP contribution in [0.2, 0.25) is 0 Å². The Hall–Kier alpha value is -4.77. The van der Waals surface area contributed by atoms with Gasteiger partial charge in [-0.25, -0.2) is 9.59 Å². The van der Waals surface area contributed by atoms with Crippen molar-refractivity contribution in [1.29, 1.82) is 0 Å². The lowest BCUT2D eigenvalue weighted by molar-refractivity contribution is 0.121. The van der Waals surface area contributed by atoms with E-state index in [9.17, 15) is 14.7 Å². The Morgan fingerprint density at radius 1 is 1.02 bits per heavy atom. The Morgan fingerprint density at radius 2 is 1.78 bits per heavy atom. The number of nitrogens with one attached hydrogen (secondary N) is 1. The molecule has 1 aliphatic rings. The van der Waals surface area contributed by atoms with Gasteiger partial charge in [-0.2, -0.15) is 5.21 Å². The molecule has 2 atom stereocenters. The predicted octanol–water partition coefficient (Wildman–Crippen LogP) is 4.65. The zero-order valence-electron chi connectivity index (χ0n) is 22.9. The number of carbonyl (C=O) groups is 2. The molecule has 2 heterocycles. The van der Waals surface area contributed by atoms with Crippen LogP contribution in [0.1, 0.15) is 30.9 Å². The number of unbranched alkanes of at least 4 members (excludes halogenated alkanes) is 1. The molecule has 2 unspecified atom stereocenters. The lowest BCUT2D eigenvalue weighted by atomic mass is 9.97. The summed E-state index contributed by atoms with van der Waals surface area (Å²) in [5.74, 6) is 0.829. The van der Waals surface area contributed by atoms with Crippen molar-refractivity contribution < 1.29 is 24.2 Å². The van der Waals surface area contributed by atoms with Crippen LogP contribution >= 0.6 is 0 Å². The summed E-state index contributed by atoms with van der Waals surface area (Å²) in [5.41, 5.74) is 4.63. The molecule has 4 aromatic rings. The van der Waals surface area contributed by atoms with Crippen molar-refractivity contribution in [2.45, 2.75) is 45.0 Å². The van der Waals surface area contributed by atoms with Gasteiger partial charge in [0.05, 0.1) is 13.2 Å². The van der Waals surface area contributed by atoms with Gasteiger partial charge in [-0.3, -0.25) is 4.90 Å². The minimum atomic E-state index is -0.868. The van der Waals surface area contributed by atoms with Gasteiger partial charge >= 0.3 is 12.2 Å². The summed E-state index contributed by atoms with van der Waals surface area (Å²) in [4.78, 5) is 28.2. The number of urea groups is 1. The Kier molecular flexibility index (Phi) is 8.54. The molecule has 1 fully saturated rings. The maximum absolute atomic E-state index is 13.6. The van der Waals surface area contributed by atoms with E-state index in [4.69, 9.17) is 4.74 Å². The second kappa shape index (κ2) is 12.6. The summed E-state index contributed by atoms with van der Waals surface area (Å²) in [6.07, 6.45) is 0.575. The van der Waals surface area contributed by atoms with Crippen LogP contribution in [0.3, 0.4) is 0 Å². The molecule has 212 valence electrons. The molecular weight excluding hydrogens is 524 g/mol. The van der Waals surface area contributed by atoms with Gasteiger partial charge in [-0.05, 0) is 58.5 Å².